The van der Waals surface area contributed by atoms with Gasteiger partial charge in [0.1, 0.15) is 11.5 Å². The molecule has 1 saturated heterocycles. The molecule has 6 nitrogen and oxygen atoms in total. The zero-order valence-electron chi connectivity index (χ0n) is 18.7. The average molecular weight is 442 g/mol. The third kappa shape index (κ3) is 4.88. The summed E-state index contributed by atoms with van der Waals surface area (Å²) in [5.74, 6) is -0.514. The van der Waals surface area contributed by atoms with Crippen LogP contribution >= 0.6 is 0 Å². The van der Waals surface area contributed by atoms with Crippen molar-refractivity contribution >= 4 is 11.9 Å². The van der Waals surface area contributed by atoms with Crippen LogP contribution in [0.5, 0.6) is 0 Å². The molecule has 0 unspecified atom stereocenters. The third-order valence-corrected chi connectivity index (χ3v) is 7.13. The Morgan fingerprint density at radius 2 is 1.81 bits per heavy atom. The summed E-state index contributed by atoms with van der Waals surface area (Å²) in [6.07, 6.45) is 7.99. The predicted molar refractivity (Wildman–Crippen MR) is 120 cm³/mol. The second kappa shape index (κ2) is 9.86. The minimum atomic E-state index is -0.321. The molecule has 1 amide bonds. The van der Waals surface area contributed by atoms with Gasteiger partial charge in [0.15, 0.2) is 0 Å². The number of nitrogens with zero attached hydrogens (tertiary/aromatic N) is 2. The highest BCUT2D eigenvalue weighted by molar-refractivity contribution is 5.87. The van der Waals surface area contributed by atoms with E-state index in [1.54, 1.807) is 6.07 Å². The molecule has 0 radical (unpaired) electrons. The molecule has 0 atom stereocenters. The van der Waals surface area contributed by atoms with Crippen molar-refractivity contribution in [3.63, 3.8) is 0 Å². The van der Waals surface area contributed by atoms with Gasteiger partial charge in [-0.3, -0.25) is 9.69 Å². The molecule has 0 bridgehead atoms. The van der Waals surface area contributed by atoms with Crippen LogP contribution in [0.25, 0.3) is 0 Å². The molecule has 4 rings (SSSR count). The van der Waals surface area contributed by atoms with Crippen LogP contribution in [0.4, 0.5) is 4.39 Å². The lowest BCUT2D eigenvalue weighted by Crippen LogP contribution is -2.45. The summed E-state index contributed by atoms with van der Waals surface area (Å²) in [5, 5.41) is 3.16. The maximum atomic E-state index is 13.4. The molecule has 7 heteroatoms. The second-order valence-corrected chi connectivity index (χ2v) is 9.07. The molecule has 2 heterocycles. The summed E-state index contributed by atoms with van der Waals surface area (Å²) in [7, 11) is 1.40. The lowest BCUT2D eigenvalue weighted by Gasteiger charge is -2.34. The Bertz CT molecular complexity index is 926. The van der Waals surface area contributed by atoms with Crippen LogP contribution in [0.2, 0.25) is 0 Å². The number of hydrogen-bond acceptors (Lipinski definition) is 4. The first kappa shape index (κ1) is 22.5. The molecule has 1 aliphatic carbocycles. The van der Waals surface area contributed by atoms with Crippen molar-refractivity contribution in [3.05, 3.63) is 59.7 Å². The zero-order valence-corrected chi connectivity index (χ0v) is 18.7. The first-order valence-corrected chi connectivity index (χ1v) is 11.5. The lowest BCUT2D eigenvalue weighted by molar-refractivity contribution is -0.122. The fraction of sp³-hybridized carbons (Fsp3) is 0.520. The topological polar surface area (TPSA) is 63.6 Å². The predicted octanol–water partition coefficient (Wildman–Crippen LogP) is 3.68. The Morgan fingerprint density at radius 1 is 1.12 bits per heavy atom. The number of piperidine rings is 1. The number of esters is 1. The van der Waals surface area contributed by atoms with E-state index in [4.69, 9.17) is 4.74 Å². The van der Waals surface area contributed by atoms with Crippen LogP contribution in [-0.4, -0.2) is 54.6 Å². The van der Waals surface area contributed by atoms with E-state index in [0.717, 1.165) is 57.2 Å². The summed E-state index contributed by atoms with van der Waals surface area (Å²) in [6, 6.07) is 10.6. The molecular weight excluding hydrogens is 409 g/mol. The van der Waals surface area contributed by atoms with Gasteiger partial charge in [-0.1, -0.05) is 25.0 Å². The van der Waals surface area contributed by atoms with Crippen molar-refractivity contribution in [2.24, 2.45) is 0 Å². The number of benzene rings is 1. The lowest BCUT2D eigenvalue weighted by atomic mass is 9.79. The van der Waals surface area contributed by atoms with Gasteiger partial charge in [0.25, 0.3) is 0 Å². The van der Waals surface area contributed by atoms with E-state index in [9.17, 15) is 14.0 Å². The summed E-state index contributed by atoms with van der Waals surface area (Å²) in [5.41, 5.74) is 1.60. The number of aromatic nitrogens is 1. The highest BCUT2D eigenvalue weighted by Gasteiger charge is 2.36. The monoisotopic (exact) mass is 441 g/mol. The maximum absolute atomic E-state index is 13.4. The number of halogens is 1. The van der Waals surface area contributed by atoms with Gasteiger partial charge in [0.05, 0.1) is 13.7 Å². The molecule has 172 valence electrons. The van der Waals surface area contributed by atoms with E-state index in [0.29, 0.717) is 18.8 Å². The first-order chi connectivity index (χ1) is 15.5. The molecule has 2 aromatic rings. The molecule has 1 aliphatic heterocycles. The number of likely N-dealkylation sites (tertiary alicyclic amines) is 1. The number of ether oxygens (including phenoxy) is 1. The van der Waals surface area contributed by atoms with E-state index in [2.05, 4.69) is 10.2 Å². The van der Waals surface area contributed by atoms with E-state index in [1.807, 2.05) is 29.0 Å². The molecule has 1 N–H and O–H groups in total. The largest absolute Gasteiger partial charge is 0.464 e. The third-order valence-electron chi connectivity index (χ3n) is 7.13. The molecule has 1 saturated carbocycles. The first-order valence-electron chi connectivity index (χ1n) is 11.5. The number of carbonyl (C=O) groups is 2. The smallest absolute Gasteiger partial charge is 0.354 e. The number of nitrogens with one attached hydrogen (secondary N) is 1. The highest BCUT2D eigenvalue weighted by atomic mass is 19.1. The van der Waals surface area contributed by atoms with Crippen LogP contribution in [0, 0.1) is 5.82 Å². The fourth-order valence-corrected chi connectivity index (χ4v) is 5.29. The van der Waals surface area contributed by atoms with E-state index in [-0.39, 0.29) is 29.2 Å². The van der Waals surface area contributed by atoms with Gasteiger partial charge in [-0.15, -0.1) is 0 Å². The molecule has 1 aromatic heterocycles. The molecular formula is C25H32FN3O3. The molecule has 0 spiro atoms. The van der Waals surface area contributed by atoms with Crippen LogP contribution in [0.15, 0.2) is 42.6 Å². The van der Waals surface area contributed by atoms with Gasteiger partial charge in [0, 0.05) is 37.3 Å². The molecule has 1 aromatic carbocycles. The van der Waals surface area contributed by atoms with Crippen LogP contribution < -0.4 is 5.32 Å². The van der Waals surface area contributed by atoms with Crippen molar-refractivity contribution in [2.75, 3.05) is 33.3 Å². The Kier molecular flexibility index (Phi) is 6.94. The molecule has 2 aliphatic rings. The number of rotatable bonds is 7. The number of methoxy groups -OCH3 is 1. The Balaban J connectivity index is 1.28. The van der Waals surface area contributed by atoms with Crippen LogP contribution in [-0.2, 0) is 14.9 Å². The average Bonchev–Trinajstić information content (AvgIpc) is 3.49. The van der Waals surface area contributed by atoms with Crippen LogP contribution in [0.3, 0.4) is 0 Å². The zero-order chi connectivity index (χ0) is 22.6. The summed E-state index contributed by atoms with van der Waals surface area (Å²) < 4.78 is 20.2. The second-order valence-electron chi connectivity index (χ2n) is 9.07. The van der Waals surface area contributed by atoms with Crippen molar-refractivity contribution in [1.29, 1.82) is 0 Å². The minimum absolute atomic E-state index is 0.0352. The Labute approximate surface area is 188 Å². The van der Waals surface area contributed by atoms with Gasteiger partial charge in [-0.25, -0.2) is 9.18 Å². The fourth-order valence-electron chi connectivity index (χ4n) is 5.29. The molecule has 2 fully saturated rings. The Morgan fingerprint density at radius 3 is 2.47 bits per heavy atom. The normalized spacial score (nSPS) is 19.1. The van der Waals surface area contributed by atoms with E-state index in [1.165, 1.54) is 19.2 Å². The number of amides is 1. The van der Waals surface area contributed by atoms with Crippen LogP contribution in [0.1, 0.15) is 60.6 Å². The van der Waals surface area contributed by atoms with Crippen molar-refractivity contribution in [2.45, 2.75) is 50.0 Å². The summed E-state index contributed by atoms with van der Waals surface area (Å²) in [6.45, 7) is 2.58. The van der Waals surface area contributed by atoms with Crippen molar-refractivity contribution < 1.29 is 18.7 Å². The van der Waals surface area contributed by atoms with Gasteiger partial charge in [-0.05, 0) is 55.5 Å². The van der Waals surface area contributed by atoms with Crippen molar-refractivity contribution in [3.8, 4) is 0 Å². The summed E-state index contributed by atoms with van der Waals surface area (Å²) in [4.78, 5) is 26.8. The van der Waals surface area contributed by atoms with E-state index >= 15 is 0 Å². The SMILES string of the molecule is COC(=O)c1cccn1C1CCN(CC(=O)NCC2(c3ccc(F)cc3)CCCC2)CC1. The van der Waals surface area contributed by atoms with Gasteiger partial charge in [-0.2, -0.15) is 0 Å². The highest BCUT2D eigenvalue weighted by Crippen LogP contribution is 2.40. The number of carbonyl (C=O) groups excluding carboxylic acids is 2. The summed E-state index contributed by atoms with van der Waals surface area (Å²) >= 11 is 0. The molecule has 32 heavy (non-hydrogen) atoms. The standard InChI is InChI=1S/C25H32FN3O3/c1-32-24(31)22-5-4-14-29(22)21-10-15-28(16-11-21)17-23(30)27-18-25(12-2-3-13-25)19-6-8-20(26)9-7-19/h4-9,14,21H,2-3,10-13,15-18H2,1H3,(H,27,30). The quantitative estimate of drug-likeness (QED) is 0.666. The van der Waals surface area contributed by atoms with Gasteiger partial charge in [0.2, 0.25) is 5.91 Å². The maximum Gasteiger partial charge on any atom is 0.354 e. The van der Waals surface area contributed by atoms with Gasteiger partial charge < -0.3 is 14.6 Å². The van der Waals surface area contributed by atoms with E-state index < -0.39 is 0 Å². The Hall–Kier alpha value is -2.67. The van der Waals surface area contributed by atoms with Crippen molar-refractivity contribution in [1.82, 2.24) is 14.8 Å². The minimum Gasteiger partial charge on any atom is -0.464 e. The number of hydrogen-bond donors (Lipinski definition) is 1. The van der Waals surface area contributed by atoms with Gasteiger partial charge >= 0.3 is 5.97 Å².